The van der Waals surface area contributed by atoms with Crippen molar-refractivity contribution in [3.05, 3.63) is 47.5 Å². The van der Waals surface area contributed by atoms with Crippen molar-refractivity contribution < 1.29 is 9.53 Å². The first-order chi connectivity index (χ1) is 14.5. The highest BCUT2D eigenvalue weighted by atomic mass is 16.5. The SMILES string of the molecule is Cc1ccnc(OCC(=O)N2CCN(c3ccc(-n4nc(C)cc4C)nn3)CC2)n1. The van der Waals surface area contributed by atoms with Crippen LogP contribution in [0.5, 0.6) is 6.01 Å². The molecule has 30 heavy (non-hydrogen) atoms. The van der Waals surface area contributed by atoms with Crippen molar-refractivity contribution >= 4 is 11.7 Å². The van der Waals surface area contributed by atoms with Crippen LogP contribution in [-0.2, 0) is 4.79 Å². The third kappa shape index (κ3) is 4.37. The molecule has 0 saturated carbocycles. The van der Waals surface area contributed by atoms with Gasteiger partial charge in [-0.25, -0.2) is 14.6 Å². The number of ether oxygens (including phenoxy) is 1. The Morgan fingerprint density at radius 2 is 1.73 bits per heavy atom. The molecular formula is C20H24N8O2. The quantitative estimate of drug-likeness (QED) is 0.619. The van der Waals surface area contributed by atoms with Gasteiger partial charge in [0.15, 0.2) is 18.2 Å². The minimum Gasteiger partial charge on any atom is -0.453 e. The van der Waals surface area contributed by atoms with Crippen LogP contribution in [0.4, 0.5) is 5.82 Å². The lowest BCUT2D eigenvalue weighted by molar-refractivity contribution is -0.133. The van der Waals surface area contributed by atoms with E-state index in [1.807, 2.05) is 39.0 Å². The number of aryl methyl sites for hydroxylation is 3. The molecule has 3 aromatic heterocycles. The minimum atomic E-state index is -0.0780. The molecule has 0 aromatic carbocycles. The van der Waals surface area contributed by atoms with Crippen LogP contribution in [0.2, 0.25) is 0 Å². The molecule has 0 atom stereocenters. The molecule has 1 fully saturated rings. The summed E-state index contributed by atoms with van der Waals surface area (Å²) in [5.74, 6) is 1.40. The van der Waals surface area contributed by atoms with Crippen LogP contribution >= 0.6 is 0 Å². The van der Waals surface area contributed by atoms with Gasteiger partial charge in [-0.15, -0.1) is 10.2 Å². The van der Waals surface area contributed by atoms with E-state index in [4.69, 9.17) is 4.74 Å². The lowest BCUT2D eigenvalue weighted by atomic mass is 10.3. The summed E-state index contributed by atoms with van der Waals surface area (Å²) in [5, 5.41) is 13.1. The molecule has 1 saturated heterocycles. The van der Waals surface area contributed by atoms with Crippen LogP contribution < -0.4 is 9.64 Å². The summed E-state index contributed by atoms with van der Waals surface area (Å²) in [6.45, 7) is 8.27. The number of amides is 1. The summed E-state index contributed by atoms with van der Waals surface area (Å²) in [4.78, 5) is 24.5. The monoisotopic (exact) mass is 408 g/mol. The number of hydrogen-bond donors (Lipinski definition) is 0. The van der Waals surface area contributed by atoms with Gasteiger partial charge in [-0.05, 0) is 45.0 Å². The second-order valence-corrected chi connectivity index (χ2v) is 7.23. The Bertz CT molecular complexity index is 1030. The van der Waals surface area contributed by atoms with Gasteiger partial charge in [0.25, 0.3) is 5.91 Å². The summed E-state index contributed by atoms with van der Waals surface area (Å²) in [6.07, 6.45) is 1.61. The Morgan fingerprint density at radius 1 is 1.00 bits per heavy atom. The third-order valence-corrected chi connectivity index (χ3v) is 4.92. The molecule has 0 N–H and O–H groups in total. The van der Waals surface area contributed by atoms with Crippen molar-refractivity contribution in [1.29, 1.82) is 0 Å². The van der Waals surface area contributed by atoms with Crippen molar-refractivity contribution in [3.63, 3.8) is 0 Å². The van der Waals surface area contributed by atoms with Crippen molar-refractivity contribution in [2.24, 2.45) is 0 Å². The molecule has 0 aliphatic carbocycles. The fourth-order valence-electron chi connectivity index (χ4n) is 3.36. The summed E-state index contributed by atoms with van der Waals surface area (Å²) in [6, 6.07) is 7.85. The van der Waals surface area contributed by atoms with E-state index in [1.54, 1.807) is 21.8 Å². The standard InChI is InChI=1S/C20H24N8O2/c1-14-6-7-21-20(22-14)30-13-19(29)27-10-8-26(9-11-27)17-4-5-18(24-23-17)28-16(3)12-15(2)25-28/h4-7,12H,8-11,13H2,1-3H3. The second-order valence-electron chi connectivity index (χ2n) is 7.23. The Hall–Kier alpha value is -3.56. The van der Waals surface area contributed by atoms with E-state index in [1.165, 1.54) is 0 Å². The highest BCUT2D eigenvalue weighted by Gasteiger charge is 2.23. The molecule has 0 spiro atoms. The normalized spacial score (nSPS) is 14.1. The van der Waals surface area contributed by atoms with E-state index < -0.39 is 0 Å². The molecule has 1 aliphatic rings. The van der Waals surface area contributed by atoms with Crippen molar-refractivity contribution in [1.82, 2.24) is 34.8 Å². The number of carbonyl (C=O) groups is 1. The lowest BCUT2D eigenvalue weighted by Gasteiger charge is -2.35. The van der Waals surface area contributed by atoms with Crippen molar-refractivity contribution in [2.75, 3.05) is 37.7 Å². The molecule has 4 heterocycles. The van der Waals surface area contributed by atoms with Gasteiger partial charge in [-0.3, -0.25) is 4.79 Å². The molecular weight excluding hydrogens is 384 g/mol. The van der Waals surface area contributed by atoms with Crippen LogP contribution in [-0.4, -0.2) is 73.5 Å². The van der Waals surface area contributed by atoms with E-state index in [2.05, 4.69) is 30.2 Å². The molecule has 3 aromatic rings. The fourth-order valence-corrected chi connectivity index (χ4v) is 3.36. The molecule has 0 radical (unpaired) electrons. The van der Waals surface area contributed by atoms with Gasteiger partial charge < -0.3 is 14.5 Å². The van der Waals surface area contributed by atoms with Gasteiger partial charge in [0.1, 0.15) is 0 Å². The Labute approximate surface area is 174 Å². The zero-order valence-electron chi connectivity index (χ0n) is 17.3. The van der Waals surface area contributed by atoms with Gasteiger partial charge >= 0.3 is 6.01 Å². The molecule has 0 bridgehead atoms. The first-order valence-corrected chi connectivity index (χ1v) is 9.82. The number of aromatic nitrogens is 6. The van der Waals surface area contributed by atoms with Crippen LogP contribution in [0.3, 0.4) is 0 Å². The van der Waals surface area contributed by atoms with Gasteiger partial charge in [0.05, 0.1) is 5.69 Å². The second kappa shape index (κ2) is 8.44. The molecule has 0 unspecified atom stereocenters. The largest absolute Gasteiger partial charge is 0.453 e. The van der Waals surface area contributed by atoms with Gasteiger partial charge in [-0.1, -0.05) is 0 Å². The van der Waals surface area contributed by atoms with Gasteiger partial charge in [0.2, 0.25) is 0 Å². The van der Waals surface area contributed by atoms with Crippen LogP contribution in [0.25, 0.3) is 5.82 Å². The highest BCUT2D eigenvalue weighted by Crippen LogP contribution is 2.15. The molecule has 1 amide bonds. The molecule has 1 aliphatic heterocycles. The van der Waals surface area contributed by atoms with E-state index >= 15 is 0 Å². The summed E-state index contributed by atoms with van der Waals surface area (Å²) >= 11 is 0. The van der Waals surface area contributed by atoms with E-state index in [9.17, 15) is 4.79 Å². The number of anilines is 1. The molecule has 4 rings (SSSR count). The number of carbonyl (C=O) groups excluding carboxylic acids is 1. The van der Waals surface area contributed by atoms with Crippen LogP contribution in [0.1, 0.15) is 17.1 Å². The maximum Gasteiger partial charge on any atom is 0.317 e. The van der Waals surface area contributed by atoms with Gasteiger partial charge in [-0.2, -0.15) is 5.10 Å². The maximum absolute atomic E-state index is 12.4. The Balaban J connectivity index is 1.30. The van der Waals surface area contributed by atoms with Crippen molar-refractivity contribution in [2.45, 2.75) is 20.8 Å². The zero-order chi connectivity index (χ0) is 21.1. The predicted octanol–water partition coefficient (Wildman–Crippen LogP) is 1.11. The van der Waals surface area contributed by atoms with Crippen LogP contribution in [0.15, 0.2) is 30.5 Å². The van der Waals surface area contributed by atoms with E-state index in [-0.39, 0.29) is 18.5 Å². The smallest absolute Gasteiger partial charge is 0.317 e. The highest BCUT2D eigenvalue weighted by molar-refractivity contribution is 5.78. The van der Waals surface area contributed by atoms with E-state index in [0.717, 1.165) is 22.9 Å². The number of hydrogen-bond acceptors (Lipinski definition) is 8. The topological polar surface area (TPSA) is 102 Å². The fraction of sp³-hybridized carbons (Fsp3) is 0.400. The summed E-state index contributed by atoms with van der Waals surface area (Å²) in [5.41, 5.74) is 2.75. The number of piperazine rings is 1. The Morgan fingerprint density at radius 3 is 2.37 bits per heavy atom. The summed E-state index contributed by atoms with van der Waals surface area (Å²) in [7, 11) is 0. The molecule has 156 valence electrons. The lowest BCUT2D eigenvalue weighted by Crippen LogP contribution is -2.50. The van der Waals surface area contributed by atoms with Crippen molar-refractivity contribution in [3.8, 4) is 11.8 Å². The van der Waals surface area contributed by atoms with Crippen LogP contribution in [0, 0.1) is 20.8 Å². The minimum absolute atomic E-state index is 0.0689. The number of nitrogens with zero attached hydrogens (tertiary/aromatic N) is 8. The number of rotatable bonds is 5. The van der Waals surface area contributed by atoms with Gasteiger partial charge in [0, 0.05) is 43.8 Å². The molecule has 10 heteroatoms. The maximum atomic E-state index is 12.4. The zero-order valence-corrected chi connectivity index (χ0v) is 17.3. The molecule has 10 nitrogen and oxygen atoms in total. The third-order valence-electron chi connectivity index (χ3n) is 4.92. The summed E-state index contributed by atoms with van der Waals surface area (Å²) < 4.78 is 7.20. The first-order valence-electron chi connectivity index (χ1n) is 9.82. The Kier molecular flexibility index (Phi) is 5.55. The van der Waals surface area contributed by atoms with E-state index in [0.29, 0.717) is 32.0 Å². The predicted molar refractivity (Wildman–Crippen MR) is 110 cm³/mol. The first kappa shape index (κ1) is 19.7. The average Bonchev–Trinajstić information content (AvgIpc) is 3.10. The average molecular weight is 408 g/mol.